The lowest BCUT2D eigenvalue weighted by atomic mass is 10.1. The van der Waals surface area contributed by atoms with E-state index >= 15 is 0 Å². The molecule has 1 N–H and O–H groups in total. The van der Waals surface area contributed by atoms with Crippen molar-refractivity contribution in [2.24, 2.45) is 0 Å². The van der Waals surface area contributed by atoms with Crippen molar-refractivity contribution in [2.75, 3.05) is 6.61 Å². The molecule has 0 saturated heterocycles. The minimum absolute atomic E-state index is 0.127. The van der Waals surface area contributed by atoms with Crippen LogP contribution >= 0.6 is 0 Å². The van der Waals surface area contributed by atoms with E-state index in [1.165, 1.54) is 4.90 Å². The molecule has 3 aromatic rings. The molecule has 0 spiro atoms. The molecule has 0 saturated carbocycles. The van der Waals surface area contributed by atoms with Crippen molar-refractivity contribution in [1.29, 1.82) is 0 Å². The van der Waals surface area contributed by atoms with Crippen LogP contribution in [0.2, 0.25) is 0 Å². The Kier molecular flexibility index (Phi) is 5.69. The van der Waals surface area contributed by atoms with E-state index in [1.807, 2.05) is 39.0 Å². The third kappa shape index (κ3) is 4.34. The molecule has 32 heavy (non-hydrogen) atoms. The second-order valence-corrected chi connectivity index (χ2v) is 8.71. The monoisotopic (exact) mass is 435 g/mol. The van der Waals surface area contributed by atoms with E-state index < -0.39 is 17.7 Å². The van der Waals surface area contributed by atoms with E-state index in [2.05, 4.69) is 10.3 Å². The molecule has 8 heteroatoms. The number of benzene rings is 2. The van der Waals surface area contributed by atoms with Gasteiger partial charge in [-0.2, -0.15) is 0 Å². The summed E-state index contributed by atoms with van der Waals surface area (Å²) in [4.78, 5) is 43.8. The molecule has 1 aliphatic rings. The zero-order valence-electron chi connectivity index (χ0n) is 18.3. The molecular formula is C24H25N3O5. The normalized spacial score (nSPS) is 14.5. The predicted octanol–water partition coefficient (Wildman–Crippen LogP) is 4.47. The third-order valence-electron chi connectivity index (χ3n) is 5.06. The number of amides is 3. The second kappa shape index (κ2) is 8.45. The average molecular weight is 435 g/mol. The number of nitrogens with zero attached hydrogens (tertiary/aromatic N) is 2. The lowest BCUT2D eigenvalue weighted by molar-refractivity contribution is 0.0536. The number of nitrogens with one attached hydrogen (secondary N) is 1. The Morgan fingerprint density at radius 1 is 1.06 bits per heavy atom. The summed E-state index contributed by atoms with van der Waals surface area (Å²) in [5, 5.41) is 2.73. The molecule has 1 aromatic heterocycles. The summed E-state index contributed by atoms with van der Waals surface area (Å²) in [6.45, 7) is 5.71. The van der Waals surface area contributed by atoms with E-state index in [9.17, 15) is 14.4 Å². The van der Waals surface area contributed by atoms with Crippen molar-refractivity contribution >= 4 is 29.0 Å². The van der Waals surface area contributed by atoms with Crippen LogP contribution in [0.5, 0.6) is 0 Å². The molecule has 0 radical (unpaired) electrons. The first-order valence-corrected chi connectivity index (χ1v) is 10.5. The van der Waals surface area contributed by atoms with Gasteiger partial charge in [0.1, 0.15) is 11.6 Å². The minimum atomic E-state index is -0.718. The molecule has 4 rings (SSSR count). The van der Waals surface area contributed by atoms with Crippen LogP contribution < -0.4 is 5.32 Å². The minimum Gasteiger partial charge on any atom is -0.450 e. The number of imide groups is 1. The highest BCUT2D eigenvalue weighted by Gasteiger charge is 2.42. The first kappa shape index (κ1) is 21.5. The van der Waals surface area contributed by atoms with E-state index in [-0.39, 0.29) is 24.3 Å². The maximum atomic E-state index is 13.1. The Balaban J connectivity index is 1.55. The van der Waals surface area contributed by atoms with Gasteiger partial charge in [-0.3, -0.25) is 14.5 Å². The Morgan fingerprint density at radius 2 is 1.69 bits per heavy atom. The van der Waals surface area contributed by atoms with Crippen molar-refractivity contribution < 1.29 is 23.5 Å². The van der Waals surface area contributed by atoms with E-state index in [0.29, 0.717) is 35.1 Å². The molecule has 2 heterocycles. The smallest absolute Gasteiger partial charge is 0.407 e. The van der Waals surface area contributed by atoms with Gasteiger partial charge in [0.15, 0.2) is 5.58 Å². The molecule has 1 atom stereocenters. The maximum Gasteiger partial charge on any atom is 0.407 e. The number of fused-ring (bicyclic) bond motifs is 2. The van der Waals surface area contributed by atoms with Gasteiger partial charge in [0.05, 0.1) is 17.7 Å². The van der Waals surface area contributed by atoms with Crippen LogP contribution in [-0.4, -0.2) is 39.9 Å². The number of carbonyl (C=O) groups excluding carboxylic acids is 3. The summed E-state index contributed by atoms with van der Waals surface area (Å²) in [5.41, 5.74) is 1.53. The van der Waals surface area contributed by atoms with E-state index in [1.54, 1.807) is 30.3 Å². The standard InChI is InChI=1S/C24H25N3O5/c1-24(2,3)26-23(30)31-14-8-12-18(20-25-17-11-6-7-13-19(17)32-20)27-21(28)15-9-4-5-10-16(15)22(27)29/h4-7,9-11,13,18H,8,12,14H2,1-3H3,(H,26,30)/t18-/m0/s1. The number of hydrogen-bond acceptors (Lipinski definition) is 6. The fourth-order valence-electron chi connectivity index (χ4n) is 3.67. The van der Waals surface area contributed by atoms with Gasteiger partial charge >= 0.3 is 6.09 Å². The first-order chi connectivity index (χ1) is 15.2. The summed E-state index contributed by atoms with van der Waals surface area (Å²) in [6.07, 6.45) is 0.228. The number of carbonyl (C=O) groups is 3. The second-order valence-electron chi connectivity index (χ2n) is 8.71. The zero-order chi connectivity index (χ0) is 22.9. The van der Waals surface area contributed by atoms with Gasteiger partial charge in [-0.05, 0) is 57.9 Å². The van der Waals surface area contributed by atoms with Crippen LogP contribution in [0.3, 0.4) is 0 Å². The lowest BCUT2D eigenvalue weighted by Crippen LogP contribution is -2.41. The maximum absolute atomic E-state index is 13.1. The zero-order valence-corrected chi connectivity index (χ0v) is 18.3. The summed E-state index contributed by atoms with van der Waals surface area (Å²) in [7, 11) is 0. The number of rotatable bonds is 6. The Hall–Kier alpha value is -3.68. The molecule has 0 fully saturated rings. The Labute approximate surface area is 185 Å². The Morgan fingerprint density at radius 3 is 2.31 bits per heavy atom. The van der Waals surface area contributed by atoms with Crippen LogP contribution in [0, 0.1) is 0 Å². The van der Waals surface area contributed by atoms with Crippen LogP contribution in [0.25, 0.3) is 11.1 Å². The number of oxazole rings is 1. The molecule has 8 nitrogen and oxygen atoms in total. The van der Waals surface area contributed by atoms with Gasteiger partial charge in [0.25, 0.3) is 11.8 Å². The van der Waals surface area contributed by atoms with Gasteiger partial charge < -0.3 is 14.5 Å². The van der Waals surface area contributed by atoms with Crippen LogP contribution in [0.4, 0.5) is 4.79 Å². The van der Waals surface area contributed by atoms with Crippen molar-refractivity contribution in [1.82, 2.24) is 15.2 Å². The third-order valence-corrected chi connectivity index (χ3v) is 5.06. The van der Waals surface area contributed by atoms with Crippen molar-refractivity contribution in [2.45, 2.75) is 45.2 Å². The van der Waals surface area contributed by atoms with Gasteiger partial charge in [-0.1, -0.05) is 24.3 Å². The number of aromatic nitrogens is 1. The van der Waals surface area contributed by atoms with Gasteiger partial charge in [0, 0.05) is 5.54 Å². The number of hydrogen-bond donors (Lipinski definition) is 1. The summed E-state index contributed by atoms with van der Waals surface area (Å²) in [6, 6.07) is 13.3. The van der Waals surface area contributed by atoms with Crippen molar-refractivity contribution in [3.63, 3.8) is 0 Å². The van der Waals surface area contributed by atoms with E-state index in [4.69, 9.17) is 9.15 Å². The molecular weight excluding hydrogens is 410 g/mol. The highest BCUT2D eigenvalue weighted by atomic mass is 16.5. The molecule has 2 aromatic carbocycles. The van der Waals surface area contributed by atoms with E-state index in [0.717, 1.165) is 0 Å². The molecule has 3 amide bonds. The summed E-state index contributed by atoms with van der Waals surface area (Å²) in [5.74, 6) is -0.492. The van der Waals surface area contributed by atoms with Crippen molar-refractivity contribution in [3.05, 3.63) is 65.5 Å². The Bertz CT molecular complexity index is 1110. The lowest BCUT2D eigenvalue weighted by Gasteiger charge is -2.24. The highest BCUT2D eigenvalue weighted by Crippen LogP contribution is 2.35. The molecule has 1 aliphatic heterocycles. The molecule has 0 unspecified atom stereocenters. The van der Waals surface area contributed by atoms with Crippen LogP contribution in [0.1, 0.15) is 66.3 Å². The largest absolute Gasteiger partial charge is 0.450 e. The van der Waals surface area contributed by atoms with Crippen molar-refractivity contribution in [3.8, 4) is 0 Å². The summed E-state index contributed by atoms with van der Waals surface area (Å²) >= 11 is 0. The van der Waals surface area contributed by atoms with Gasteiger partial charge in [-0.25, -0.2) is 9.78 Å². The fourth-order valence-corrected chi connectivity index (χ4v) is 3.67. The number of ether oxygens (including phenoxy) is 1. The fraction of sp³-hybridized carbons (Fsp3) is 0.333. The molecule has 166 valence electrons. The van der Waals surface area contributed by atoms with Gasteiger partial charge in [-0.15, -0.1) is 0 Å². The molecule has 0 aliphatic carbocycles. The average Bonchev–Trinajstić information content (AvgIpc) is 3.27. The summed E-state index contributed by atoms with van der Waals surface area (Å²) < 4.78 is 11.2. The van der Waals surface area contributed by atoms with Crippen LogP contribution in [0.15, 0.2) is 52.9 Å². The van der Waals surface area contributed by atoms with Gasteiger partial charge in [0.2, 0.25) is 5.89 Å². The number of alkyl carbamates (subject to hydrolysis) is 1. The number of para-hydroxylation sites is 2. The first-order valence-electron chi connectivity index (χ1n) is 10.5. The predicted molar refractivity (Wildman–Crippen MR) is 117 cm³/mol. The van der Waals surface area contributed by atoms with Crippen LogP contribution in [-0.2, 0) is 4.74 Å². The topological polar surface area (TPSA) is 102 Å². The highest BCUT2D eigenvalue weighted by molar-refractivity contribution is 6.21. The molecule has 0 bridgehead atoms. The quantitative estimate of drug-likeness (QED) is 0.453. The SMILES string of the molecule is CC(C)(C)NC(=O)OCCC[C@@H](c1nc2ccccc2o1)N1C(=O)c2ccccc2C1=O.